The van der Waals surface area contributed by atoms with E-state index in [1.54, 1.807) is 0 Å². The molecule has 0 fully saturated rings. The minimum absolute atomic E-state index is 0.103. The van der Waals surface area contributed by atoms with E-state index < -0.39 is 0 Å². The third kappa shape index (κ3) is 4.35. The first-order valence-corrected chi connectivity index (χ1v) is 8.05. The van der Waals surface area contributed by atoms with Crippen molar-refractivity contribution in [1.29, 1.82) is 0 Å². The molecule has 1 amide bonds. The highest BCUT2D eigenvalue weighted by atomic mass is 16.1. The number of hydrogen-bond donors (Lipinski definition) is 1. The Labute approximate surface area is 127 Å². The Morgan fingerprint density at radius 3 is 2.81 bits per heavy atom. The molecule has 2 rings (SSSR count). The third-order valence-corrected chi connectivity index (χ3v) is 4.13. The average molecular weight is 286 g/mol. The second kappa shape index (κ2) is 7.87. The number of rotatable bonds is 8. The van der Waals surface area contributed by atoms with Crippen LogP contribution in [0.4, 0.5) is 0 Å². The Kier molecular flexibility index (Phi) is 5.85. The normalized spacial score (nSPS) is 12.5. The molecule has 1 heterocycles. The fourth-order valence-corrected chi connectivity index (χ4v) is 2.69. The molecule has 0 aliphatic rings. The van der Waals surface area contributed by atoms with Crippen molar-refractivity contribution in [3.8, 4) is 0 Å². The molecule has 114 valence electrons. The zero-order valence-electron chi connectivity index (χ0n) is 13.1. The molecule has 3 nitrogen and oxygen atoms in total. The van der Waals surface area contributed by atoms with Gasteiger partial charge in [-0.1, -0.05) is 51.3 Å². The van der Waals surface area contributed by atoms with Crippen molar-refractivity contribution in [3.63, 3.8) is 0 Å². The maximum Gasteiger partial charge on any atom is 0.239 e. The van der Waals surface area contributed by atoms with E-state index in [1.807, 2.05) is 22.9 Å². The summed E-state index contributed by atoms with van der Waals surface area (Å²) in [4.78, 5) is 12.1. The quantitative estimate of drug-likeness (QED) is 0.782. The molecule has 1 aromatic carbocycles. The second-order valence-corrected chi connectivity index (χ2v) is 5.72. The smallest absolute Gasteiger partial charge is 0.239 e. The second-order valence-electron chi connectivity index (χ2n) is 5.72. The Hall–Kier alpha value is -1.77. The van der Waals surface area contributed by atoms with Crippen molar-refractivity contribution < 1.29 is 4.79 Å². The van der Waals surface area contributed by atoms with E-state index >= 15 is 0 Å². The molecule has 0 saturated carbocycles. The molecular formula is C18H26N2O. The number of hydrogen-bond acceptors (Lipinski definition) is 1. The van der Waals surface area contributed by atoms with Crippen molar-refractivity contribution in [3.05, 3.63) is 36.5 Å². The summed E-state index contributed by atoms with van der Waals surface area (Å²) in [6.07, 6.45) is 6.79. The molecule has 0 bridgehead atoms. The number of carbonyl (C=O) groups is 1. The number of benzene rings is 1. The highest BCUT2D eigenvalue weighted by Gasteiger charge is 2.09. The van der Waals surface area contributed by atoms with Crippen LogP contribution in [-0.4, -0.2) is 17.0 Å². The third-order valence-electron chi connectivity index (χ3n) is 4.13. The number of para-hydroxylation sites is 1. The van der Waals surface area contributed by atoms with Crippen molar-refractivity contribution in [1.82, 2.24) is 9.88 Å². The predicted octanol–water partition coefficient (Wildman–Crippen LogP) is 3.97. The maximum absolute atomic E-state index is 12.1. The lowest BCUT2D eigenvalue weighted by Crippen LogP contribution is -2.31. The number of carbonyl (C=O) groups excluding carboxylic acids is 1. The molecule has 0 spiro atoms. The van der Waals surface area contributed by atoms with Crippen LogP contribution >= 0.6 is 0 Å². The Morgan fingerprint density at radius 1 is 1.24 bits per heavy atom. The summed E-state index contributed by atoms with van der Waals surface area (Å²) in [6, 6.07) is 10.2. The molecular weight excluding hydrogens is 260 g/mol. The fraction of sp³-hybridized carbons (Fsp3) is 0.500. The van der Waals surface area contributed by atoms with Gasteiger partial charge in [-0.3, -0.25) is 4.79 Å². The van der Waals surface area contributed by atoms with Crippen molar-refractivity contribution in [2.75, 3.05) is 6.54 Å². The van der Waals surface area contributed by atoms with Gasteiger partial charge in [0, 0.05) is 18.3 Å². The predicted molar refractivity (Wildman–Crippen MR) is 88.3 cm³/mol. The van der Waals surface area contributed by atoms with Gasteiger partial charge < -0.3 is 9.88 Å². The van der Waals surface area contributed by atoms with Crippen molar-refractivity contribution in [2.45, 2.75) is 46.1 Å². The topological polar surface area (TPSA) is 34.0 Å². The SMILES string of the molecule is CCCC[C@@H](CC)CNC(=O)Cn1ccc2ccccc21. The van der Waals surface area contributed by atoms with Crippen LogP contribution in [-0.2, 0) is 11.3 Å². The molecule has 1 N–H and O–H groups in total. The van der Waals surface area contributed by atoms with Gasteiger partial charge in [0.1, 0.15) is 6.54 Å². The van der Waals surface area contributed by atoms with Gasteiger partial charge in [-0.05, 0) is 29.9 Å². The van der Waals surface area contributed by atoms with Crippen LogP contribution in [0.5, 0.6) is 0 Å². The summed E-state index contributed by atoms with van der Waals surface area (Å²) in [6.45, 7) is 5.61. The molecule has 0 aliphatic carbocycles. The molecule has 1 aromatic heterocycles. The Morgan fingerprint density at radius 2 is 2.05 bits per heavy atom. The summed E-state index contributed by atoms with van der Waals surface area (Å²) in [7, 11) is 0. The molecule has 21 heavy (non-hydrogen) atoms. The summed E-state index contributed by atoms with van der Waals surface area (Å²) < 4.78 is 2.01. The lowest BCUT2D eigenvalue weighted by molar-refractivity contribution is -0.121. The molecule has 2 aromatic rings. The van der Waals surface area contributed by atoms with Gasteiger partial charge in [0.15, 0.2) is 0 Å². The first kappa shape index (κ1) is 15.6. The van der Waals surface area contributed by atoms with Crippen LogP contribution in [0.25, 0.3) is 10.9 Å². The lowest BCUT2D eigenvalue weighted by atomic mass is 9.99. The van der Waals surface area contributed by atoms with Gasteiger partial charge in [-0.15, -0.1) is 0 Å². The highest BCUT2D eigenvalue weighted by Crippen LogP contribution is 2.15. The summed E-state index contributed by atoms with van der Waals surface area (Å²) >= 11 is 0. The number of nitrogens with one attached hydrogen (secondary N) is 1. The number of fused-ring (bicyclic) bond motifs is 1. The van der Waals surface area contributed by atoms with Crippen molar-refractivity contribution in [2.24, 2.45) is 5.92 Å². The van der Waals surface area contributed by atoms with Crippen molar-refractivity contribution >= 4 is 16.8 Å². The van der Waals surface area contributed by atoms with Crippen LogP contribution in [0.1, 0.15) is 39.5 Å². The molecule has 0 aliphatic heterocycles. The van der Waals surface area contributed by atoms with Gasteiger partial charge in [-0.2, -0.15) is 0 Å². The Bertz CT molecular complexity index is 573. The van der Waals surface area contributed by atoms with E-state index in [-0.39, 0.29) is 5.91 Å². The van der Waals surface area contributed by atoms with Crippen LogP contribution in [0.2, 0.25) is 0 Å². The first-order valence-electron chi connectivity index (χ1n) is 8.05. The molecule has 0 saturated heterocycles. The fourth-order valence-electron chi connectivity index (χ4n) is 2.69. The number of amides is 1. The minimum Gasteiger partial charge on any atom is -0.354 e. The standard InChI is InChI=1S/C18H26N2O/c1-3-5-8-15(4-2)13-19-18(21)14-20-12-11-16-9-6-7-10-17(16)20/h6-7,9-12,15H,3-5,8,13-14H2,1-2H3,(H,19,21)/t15-/m1/s1. The van der Waals surface area contributed by atoms with E-state index in [0.717, 1.165) is 18.5 Å². The number of aromatic nitrogens is 1. The van der Waals surface area contributed by atoms with Crippen LogP contribution in [0.3, 0.4) is 0 Å². The minimum atomic E-state index is 0.103. The molecule has 1 atom stereocenters. The monoisotopic (exact) mass is 286 g/mol. The Balaban J connectivity index is 1.87. The average Bonchev–Trinajstić information content (AvgIpc) is 2.91. The summed E-state index contributed by atoms with van der Waals surface area (Å²) in [5.41, 5.74) is 1.12. The van der Waals surface area contributed by atoms with Crippen LogP contribution in [0, 0.1) is 5.92 Å². The summed E-state index contributed by atoms with van der Waals surface area (Å²) in [5.74, 6) is 0.710. The lowest BCUT2D eigenvalue weighted by Gasteiger charge is -2.15. The maximum atomic E-state index is 12.1. The van der Waals surface area contributed by atoms with Crippen LogP contribution < -0.4 is 5.32 Å². The first-order chi connectivity index (χ1) is 10.2. The van der Waals surface area contributed by atoms with E-state index in [9.17, 15) is 4.79 Å². The van der Waals surface area contributed by atoms with E-state index in [4.69, 9.17) is 0 Å². The van der Waals surface area contributed by atoms with Gasteiger partial charge in [-0.25, -0.2) is 0 Å². The van der Waals surface area contributed by atoms with E-state index in [1.165, 1.54) is 24.6 Å². The molecule has 0 radical (unpaired) electrons. The highest BCUT2D eigenvalue weighted by molar-refractivity contribution is 5.83. The zero-order valence-corrected chi connectivity index (χ0v) is 13.1. The van der Waals surface area contributed by atoms with Gasteiger partial charge in [0.2, 0.25) is 5.91 Å². The molecule has 3 heteroatoms. The molecule has 0 unspecified atom stereocenters. The van der Waals surface area contributed by atoms with Gasteiger partial charge >= 0.3 is 0 Å². The van der Waals surface area contributed by atoms with Gasteiger partial charge in [0.05, 0.1) is 0 Å². The number of nitrogens with zero attached hydrogens (tertiary/aromatic N) is 1. The van der Waals surface area contributed by atoms with Gasteiger partial charge in [0.25, 0.3) is 0 Å². The van der Waals surface area contributed by atoms with E-state index in [2.05, 4.69) is 37.4 Å². The summed E-state index contributed by atoms with van der Waals surface area (Å²) in [5, 5.41) is 4.27. The largest absolute Gasteiger partial charge is 0.354 e. The van der Waals surface area contributed by atoms with E-state index in [0.29, 0.717) is 12.5 Å². The number of unbranched alkanes of at least 4 members (excludes halogenated alkanes) is 1. The zero-order chi connectivity index (χ0) is 15.1. The van der Waals surface area contributed by atoms with Crippen LogP contribution in [0.15, 0.2) is 36.5 Å².